The highest BCUT2D eigenvalue weighted by atomic mass is 14.9. The summed E-state index contributed by atoms with van der Waals surface area (Å²) in [7, 11) is 0. The molecular weight excluding hydrogens is 222 g/mol. The fraction of sp³-hybridized carbons (Fsp3) is 0.733. The van der Waals surface area contributed by atoms with Gasteiger partial charge in [0, 0.05) is 30.3 Å². The van der Waals surface area contributed by atoms with Crippen molar-refractivity contribution in [2.24, 2.45) is 5.92 Å². The van der Waals surface area contributed by atoms with Crippen LogP contribution in [0, 0.1) is 5.92 Å². The number of hydrogen-bond donors (Lipinski definition) is 1. The summed E-state index contributed by atoms with van der Waals surface area (Å²) < 4.78 is 0. The first-order valence-corrected chi connectivity index (χ1v) is 7.08. The molecule has 0 spiro atoms. The van der Waals surface area contributed by atoms with Crippen molar-refractivity contribution in [3.05, 3.63) is 23.3 Å². The van der Waals surface area contributed by atoms with Crippen molar-refractivity contribution in [1.82, 2.24) is 15.3 Å². The van der Waals surface area contributed by atoms with Crippen LogP contribution in [0.15, 0.2) is 6.20 Å². The van der Waals surface area contributed by atoms with Gasteiger partial charge in [-0.2, -0.15) is 0 Å². The average Bonchev–Trinajstić information content (AvgIpc) is 3.03. The Labute approximate surface area is 110 Å². The standard InChI is InChI=1S/C15H25N3/c1-9(2)14-12(7-16-10(3)4)8-17-15(18-14)13-6-11(13)5/h8-11,13,16H,6-7H2,1-5H3. The van der Waals surface area contributed by atoms with Crippen molar-refractivity contribution in [3.63, 3.8) is 0 Å². The third kappa shape index (κ3) is 3.08. The van der Waals surface area contributed by atoms with Crippen LogP contribution in [-0.4, -0.2) is 16.0 Å². The Morgan fingerprint density at radius 3 is 2.50 bits per heavy atom. The smallest absolute Gasteiger partial charge is 0.131 e. The number of nitrogens with zero attached hydrogens (tertiary/aromatic N) is 2. The maximum absolute atomic E-state index is 4.81. The largest absolute Gasteiger partial charge is 0.310 e. The number of rotatable bonds is 5. The molecule has 1 heterocycles. The second-order valence-corrected chi connectivity index (χ2v) is 6.15. The van der Waals surface area contributed by atoms with Gasteiger partial charge in [0.05, 0.1) is 5.69 Å². The predicted molar refractivity (Wildman–Crippen MR) is 74.6 cm³/mol. The molecule has 100 valence electrons. The average molecular weight is 247 g/mol. The van der Waals surface area contributed by atoms with E-state index in [1.807, 2.05) is 6.20 Å². The van der Waals surface area contributed by atoms with Crippen molar-refractivity contribution in [2.75, 3.05) is 0 Å². The summed E-state index contributed by atoms with van der Waals surface area (Å²) in [6.07, 6.45) is 3.28. The van der Waals surface area contributed by atoms with E-state index in [0.717, 1.165) is 18.3 Å². The second-order valence-electron chi connectivity index (χ2n) is 6.15. The first kappa shape index (κ1) is 13.5. The number of nitrogens with one attached hydrogen (secondary N) is 1. The molecule has 2 rings (SSSR count). The Bertz CT molecular complexity index is 412. The molecule has 0 aliphatic heterocycles. The predicted octanol–water partition coefficient (Wildman–Crippen LogP) is 3.22. The lowest BCUT2D eigenvalue weighted by atomic mass is 10.0. The zero-order valence-corrected chi connectivity index (χ0v) is 12.2. The van der Waals surface area contributed by atoms with Crippen LogP contribution in [0.5, 0.6) is 0 Å². The lowest BCUT2D eigenvalue weighted by molar-refractivity contribution is 0.578. The van der Waals surface area contributed by atoms with Crippen molar-refractivity contribution in [3.8, 4) is 0 Å². The lowest BCUT2D eigenvalue weighted by Gasteiger charge is -2.15. The van der Waals surface area contributed by atoms with E-state index >= 15 is 0 Å². The molecule has 1 aliphatic rings. The molecule has 1 aromatic rings. The summed E-state index contributed by atoms with van der Waals surface area (Å²) in [5.74, 6) is 2.89. The van der Waals surface area contributed by atoms with E-state index < -0.39 is 0 Å². The van der Waals surface area contributed by atoms with Crippen LogP contribution in [0.3, 0.4) is 0 Å². The van der Waals surface area contributed by atoms with Gasteiger partial charge in [-0.3, -0.25) is 0 Å². The van der Waals surface area contributed by atoms with E-state index in [4.69, 9.17) is 4.98 Å². The van der Waals surface area contributed by atoms with Crippen molar-refractivity contribution >= 4 is 0 Å². The van der Waals surface area contributed by atoms with Gasteiger partial charge >= 0.3 is 0 Å². The fourth-order valence-electron chi connectivity index (χ4n) is 2.24. The first-order chi connectivity index (χ1) is 8.49. The van der Waals surface area contributed by atoms with Crippen molar-refractivity contribution in [1.29, 1.82) is 0 Å². The van der Waals surface area contributed by atoms with E-state index in [1.165, 1.54) is 17.7 Å². The number of aromatic nitrogens is 2. The third-order valence-corrected chi connectivity index (χ3v) is 3.61. The quantitative estimate of drug-likeness (QED) is 0.868. The summed E-state index contributed by atoms with van der Waals surface area (Å²) in [6, 6.07) is 0.494. The van der Waals surface area contributed by atoms with Crippen LogP contribution in [0.25, 0.3) is 0 Å². The van der Waals surface area contributed by atoms with E-state index in [1.54, 1.807) is 0 Å². The zero-order valence-electron chi connectivity index (χ0n) is 12.2. The molecular formula is C15H25N3. The van der Waals surface area contributed by atoms with Gasteiger partial charge in [-0.1, -0.05) is 34.6 Å². The highest BCUT2D eigenvalue weighted by Crippen LogP contribution is 2.45. The molecule has 0 amide bonds. The molecule has 1 N–H and O–H groups in total. The first-order valence-electron chi connectivity index (χ1n) is 7.08. The van der Waals surface area contributed by atoms with Gasteiger partial charge < -0.3 is 5.32 Å². The molecule has 0 bridgehead atoms. The SMILES string of the molecule is CC(C)NCc1cnc(C2CC2C)nc1C(C)C. The maximum atomic E-state index is 4.81. The molecule has 18 heavy (non-hydrogen) atoms. The normalized spacial score (nSPS) is 22.8. The topological polar surface area (TPSA) is 37.8 Å². The lowest BCUT2D eigenvalue weighted by Crippen LogP contribution is -2.23. The Morgan fingerprint density at radius 2 is 2.00 bits per heavy atom. The molecule has 1 aliphatic carbocycles. The van der Waals surface area contributed by atoms with Gasteiger partial charge in [0.15, 0.2) is 0 Å². The molecule has 3 heteroatoms. The maximum Gasteiger partial charge on any atom is 0.131 e. The van der Waals surface area contributed by atoms with Crippen LogP contribution in [0.4, 0.5) is 0 Å². The van der Waals surface area contributed by atoms with E-state index in [2.05, 4.69) is 44.9 Å². The Balaban J connectivity index is 2.18. The van der Waals surface area contributed by atoms with Gasteiger partial charge in [0.1, 0.15) is 5.82 Å². The molecule has 3 nitrogen and oxygen atoms in total. The molecule has 0 radical (unpaired) electrons. The van der Waals surface area contributed by atoms with Crippen molar-refractivity contribution < 1.29 is 0 Å². The monoisotopic (exact) mass is 247 g/mol. The van der Waals surface area contributed by atoms with Crippen LogP contribution in [0.1, 0.15) is 70.0 Å². The summed E-state index contributed by atoms with van der Waals surface area (Å²) in [5, 5.41) is 3.45. The van der Waals surface area contributed by atoms with Gasteiger partial charge in [0.2, 0.25) is 0 Å². The van der Waals surface area contributed by atoms with Gasteiger partial charge in [-0.05, 0) is 18.3 Å². The van der Waals surface area contributed by atoms with Gasteiger partial charge in [0.25, 0.3) is 0 Å². The molecule has 1 saturated carbocycles. The minimum absolute atomic E-state index is 0.463. The van der Waals surface area contributed by atoms with Gasteiger partial charge in [-0.25, -0.2) is 9.97 Å². The Hall–Kier alpha value is -0.960. The van der Waals surface area contributed by atoms with Crippen molar-refractivity contribution in [2.45, 2.75) is 65.5 Å². The molecule has 1 aromatic heterocycles. The summed E-state index contributed by atoms with van der Waals surface area (Å²) >= 11 is 0. The Morgan fingerprint density at radius 1 is 1.33 bits per heavy atom. The second kappa shape index (κ2) is 5.35. The fourth-order valence-corrected chi connectivity index (χ4v) is 2.24. The Kier molecular flexibility index (Phi) is 4.00. The minimum Gasteiger partial charge on any atom is -0.310 e. The molecule has 2 atom stereocenters. The highest BCUT2D eigenvalue weighted by Gasteiger charge is 2.36. The molecule has 1 fully saturated rings. The highest BCUT2D eigenvalue weighted by molar-refractivity contribution is 5.23. The summed E-state index contributed by atoms with van der Waals surface area (Å²) in [4.78, 5) is 9.37. The minimum atomic E-state index is 0.463. The molecule has 0 aromatic carbocycles. The van der Waals surface area contributed by atoms with E-state index in [-0.39, 0.29) is 0 Å². The third-order valence-electron chi connectivity index (χ3n) is 3.61. The summed E-state index contributed by atoms with van der Waals surface area (Å²) in [6.45, 7) is 11.9. The zero-order chi connectivity index (χ0) is 13.3. The molecule has 2 unspecified atom stereocenters. The molecule has 0 saturated heterocycles. The number of hydrogen-bond acceptors (Lipinski definition) is 3. The van der Waals surface area contributed by atoms with Crippen LogP contribution in [-0.2, 0) is 6.54 Å². The van der Waals surface area contributed by atoms with Gasteiger partial charge in [-0.15, -0.1) is 0 Å². The van der Waals surface area contributed by atoms with E-state index in [9.17, 15) is 0 Å². The van der Waals surface area contributed by atoms with E-state index in [0.29, 0.717) is 17.9 Å². The van der Waals surface area contributed by atoms with Crippen LogP contribution < -0.4 is 5.32 Å². The van der Waals surface area contributed by atoms with Crippen LogP contribution in [0.2, 0.25) is 0 Å². The van der Waals surface area contributed by atoms with Crippen LogP contribution >= 0.6 is 0 Å². The summed E-state index contributed by atoms with van der Waals surface area (Å²) in [5.41, 5.74) is 2.46.